The number of nitrogens with zero attached hydrogens (tertiary/aromatic N) is 3. The zero-order chi connectivity index (χ0) is 18.5. The lowest BCUT2D eigenvalue weighted by Gasteiger charge is -2.11. The van der Waals surface area contributed by atoms with E-state index in [1.807, 2.05) is 32.3 Å². The topological polar surface area (TPSA) is 89.2 Å². The van der Waals surface area contributed by atoms with Crippen LogP contribution in [0.4, 0.5) is 0 Å². The molecule has 0 aliphatic rings. The second kappa shape index (κ2) is 12.2. The van der Waals surface area contributed by atoms with E-state index >= 15 is 0 Å². The minimum atomic E-state index is -0.397. The number of methoxy groups -OCH3 is 1. The van der Waals surface area contributed by atoms with Crippen LogP contribution in [0.15, 0.2) is 29.3 Å². The van der Waals surface area contributed by atoms with Crippen LogP contribution in [0.2, 0.25) is 0 Å². The first-order valence-electron chi connectivity index (χ1n) is 8.25. The molecule has 0 aliphatic carbocycles. The van der Waals surface area contributed by atoms with E-state index in [0.717, 1.165) is 12.3 Å². The maximum absolute atomic E-state index is 10.6. The maximum atomic E-state index is 10.6. The van der Waals surface area contributed by atoms with E-state index < -0.39 is 4.92 Å². The molecular formula is C17H28N4O4. The number of benzene rings is 1. The SMILES string of the molecule is COCCNC(C[N+](=O)[O-])=NCCCOc1cccc(CN(C)C)c1. The summed E-state index contributed by atoms with van der Waals surface area (Å²) in [5.41, 5.74) is 1.19. The fraction of sp³-hybridized carbons (Fsp3) is 0.588. The summed E-state index contributed by atoms with van der Waals surface area (Å²) in [6, 6.07) is 7.98. The third kappa shape index (κ3) is 10.3. The van der Waals surface area contributed by atoms with Crippen LogP contribution in [-0.4, -0.2) is 69.7 Å². The first kappa shape index (κ1) is 20.9. The standard InChI is InChI=1S/C17H28N4O4/c1-20(2)13-15-6-4-7-16(12-15)25-10-5-8-18-17(14-21(22)23)19-9-11-24-3/h4,6-7,12H,5,8-11,13-14H2,1-3H3,(H,18,19). The predicted molar refractivity (Wildman–Crippen MR) is 98.0 cm³/mol. The van der Waals surface area contributed by atoms with Crippen molar-refractivity contribution >= 4 is 5.84 Å². The van der Waals surface area contributed by atoms with Crippen molar-refractivity contribution in [3.8, 4) is 5.75 Å². The van der Waals surface area contributed by atoms with E-state index in [2.05, 4.69) is 21.3 Å². The fourth-order valence-electron chi connectivity index (χ4n) is 2.15. The van der Waals surface area contributed by atoms with Gasteiger partial charge in [0.25, 0.3) is 6.54 Å². The second-order valence-corrected chi connectivity index (χ2v) is 5.83. The number of hydrogen-bond acceptors (Lipinski definition) is 6. The third-order valence-corrected chi connectivity index (χ3v) is 3.19. The third-order valence-electron chi connectivity index (χ3n) is 3.19. The average Bonchev–Trinajstić information content (AvgIpc) is 2.53. The van der Waals surface area contributed by atoms with Gasteiger partial charge in [-0.1, -0.05) is 12.1 Å². The summed E-state index contributed by atoms with van der Waals surface area (Å²) in [5.74, 6) is 1.20. The first-order valence-corrected chi connectivity index (χ1v) is 8.25. The van der Waals surface area contributed by atoms with Gasteiger partial charge in [0.1, 0.15) is 5.75 Å². The van der Waals surface area contributed by atoms with Crippen molar-refractivity contribution in [2.24, 2.45) is 4.99 Å². The molecule has 1 aromatic rings. The zero-order valence-corrected chi connectivity index (χ0v) is 15.2. The van der Waals surface area contributed by atoms with Gasteiger partial charge in [0.15, 0.2) is 5.84 Å². The van der Waals surface area contributed by atoms with Gasteiger partial charge in [-0.2, -0.15) is 0 Å². The molecule has 0 bridgehead atoms. The van der Waals surface area contributed by atoms with Gasteiger partial charge in [-0.25, -0.2) is 0 Å². The van der Waals surface area contributed by atoms with Crippen LogP contribution < -0.4 is 10.1 Å². The van der Waals surface area contributed by atoms with Crippen molar-refractivity contribution in [3.05, 3.63) is 39.9 Å². The van der Waals surface area contributed by atoms with Crippen molar-refractivity contribution < 1.29 is 14.4 Å². The molecule has 0 heterocycles. The average molecular weight is 352 g/mol. The molecule has 0 aliphatic heterocycles. The Hall–Kier alpha value is -2.19. The molecule has 0 unspecified atom stereocenters. The number of hydrogen-bond donors (Lipinski definition) is 1. The van der Waals surface area contributed by atoms with Gasteiger partial charge in [-0.15, -0.1) is 0 Å². The van der Waals surface area contributed by atoms with Crippen LogP contribution in [0.25, 0.3) is 0 Å². The molecule has 0 atom stereocenters. The lowest BCUT2D eigenvalue weighted by Crippen LogP contribution is -2.33. The molecule has 1 aromatic carbocycles. The van der Waals surface area contributed by atoms with E-state index in [9.17, 15) is 10.1 Å². The number of aliphatic imine (C=N–C) groups is 1. The Morgan fingerprint density at radius 1 is 1.36 bits per heavy atom. The van der Waals surface area contributed by atoms with Crippen LogP contribution >= 0.6 is 0 Å². The Morgan fingerprint density at radius 3 is 2.84 bits per heavy atom. The Morgan fingerprint density at radius 2 is 2.16 bits per heavy atom. The molecule has 0 spiro atoms. The van der Waals surface area contributed by atoms with E-state index in [0.29, 0.717) is 38.6 Å². The molecule has 0 radical (unpaired) electrons. The molecule has 8 nitrogen and oxygen atoms in total. The highest BCUT2D eigenvalue weighted by atomic mass is 16.6. The minimum absolute atomic E-state index is 0.308. The summed E-state index contributed by atoms with van der Waals surface area (Å²) in [6.45, 7) is 2.51. The van der Waals surface area contributed by atoms with E-state index in [4.69, 9.17) is 9.47 Å². The van der Waals surface area contributed by atoms with Crippen molar-refractivity contribution in [2.75, 3.05) is 54.1 Å². The van der Waals surface area contributed by atoms with Gasteiger partial charge in [-0.3, -0.25) is 15.1 Å². The molecule has 1 rings (SSSR count). The molecule has 0 aromatic heterocycles. The summed E-state index contributed by atoms with van der Waals surface area (Å²) in [4.78, 5) is 16.6. The number of rotatable bonds is 12. The van der Waals surface area contributed by atoms with Gasteiger partial charge < -0.3 is 19.7 Å². The van der Waals surface area contributed by atoms with Crippen molar-refractivity contribution in [2.45, 2.75) is 13.0 Å². The van der Waals surface area contributed by atoms with Crippen molar-refractivity contribution in [3.63, 3.8) is 0 Å². The minimum Gasteiger partial charge on any atom is -0.494 e. The highest BCUT2D eigenvalue weighted by Crippen LogP contribution is 2.14. The largest absolute Gasteiger partial charge is 0.494 e. The van der Waals surface area contributed by atoms with Crippen LogP contribution in [-0.2, 0) is 11.3 Å². The monoisotopic (exact) mass is 352 g/mol. The Bertz CT molecular complexity index is 549. The van der Waals surface area contributed by atoms with Crippen LogP contribution in [0.5, 0.6) is 5.75 Å². The molecule has 1 N–H and O–H groups in total. The van der Waals surface area contributed by atoms with E-state index in [1.54, 1.807) is 7.11 Å². The molecular weight excluding hydrogens is 324 g/mol. The van der Waals surface area contributed by atoms with E-state index in [1.165, 1.54) is 5.56 Å². The summed E-state index contributed by atoms with van der Waals surface area (Å²) in [6.07, 6.45) is 0.686. The Labute approximate surface area is 149 Å². The lowest BCUT2D eigenvalue weighted by molar-refractivity contribution is -0.463. The summed E-state index contributed by atoms with van der Waals surface area (Å²) in [5, 5.41) is 13.6. The molecule has 140 valence electrons. The van der Waals surface area contributed by atoms with Crippen molar-refractivity contribution in [1.82, 2.24) is 10.2 Å². The van der Waals surface area contributed by atoms with Gasteiger partial charge in [0.05, 0.1) is 13.2 Å². The molecule has 0 saturated heterocycles. The molecule has 0 amide bonds. The fourth-order valence-corrected chi connectivity index (χ4v) is 2.15. The molecule has 0 saturated carbocycles. The molecule has 0 fully saturated rings. The number of nitro groups is 1. The highest BCUT2D eigenvalue weighted by molar-refractivity contribution is 5.83. The quantitative estimate of drug-likeness (QED) is 0.201. The van der Waals surface area contributed by atoms with Crippen LogP contribution in [0.3, 0.4) is 0 Å². The predicted octanol–water partition coefficient (Wildman–Crippen LogP) is 1.43. The summed E-state index contributed by atoms with van der Waals surface area (Å²) < 4.78 is 10.6. The number of amidine groups is 1. The Balaban J connectivity index is 2.37. The molecule has 25 heavy (non-hydrogen) atoms. The van der Waals surface area contributed by atoms with Gasteiger partial charge in [-0.05, 0) is 31.8 Å². The van der Waals surface area contributed by atoms with Gasteiger partial charge in [0, 0.05) is 38.1 Å². The van der Waals surface area contributed by atoms with Crippen LogP contribution in [0, 0.1) is 10.1 Å². The van der Waals surface area contributed by atoms with Crippen molar-refractivity contribution in [1.29, 1.82) is 0 Å². The smallest absolute Gasteiger partial charge is 0.259 e. The number of nitrogens with one attached hydrogen (secondary N) is 1. The summed E-state index contributed by atoms with van der Waals surface area (Å²) in [7, 11) is 5.63. The van der Waals surface area contributed by atoms with Crippen LogP contribution in [0.1, 0.15) is 12.0 Å². The van der Waals surface area contributed by atoms with Gasteiger partial charge >= 0.3 is 0 Å². The Kier molecular flexibility index (Phi) is 10.2. The normalized spacial score (nSPS) is 11.6. The molecule has 8 heteroatoms. The number of ether oxygens (including phenoxy) is 2. The summed E-state index contributed by atoms with van der Waals surface area (Å²) >= 11 is 0. The van der Waals surface area contributed by atoms with Gasteiger partial charge in [0.2, 0.25) is 0 Å². The first-order chi connectivity index (χ1) is 12.0. The zero-order valence-electron chi connectivity index (χ0n) is 15.2. The highest BCUT2D eigenvalue weighted by Gasteiger charge is 2.06. The second-order valence-electron chi connectivity index (χ2n) is 5.83. The van der Waals surface area contributed by atoms with E-state index in [-0.39, 0.29) is 6.54 Å². The lowest BCUT2D eigenvalue weighted by atomic mass is 10.2. The maximum Gasteiger partial charge on any atom is 0.259 e.